The number of amides is 2. The Morgan fingerprint density at radius 1 is 1.03 bits per heavy atom. The highest BCUT2D eigenvalue weighted by molar-refractivity contribution is 7.93. The van der Waals surface area contributed by atoms with Gasteiger partial charge >= 0.3 is 0 Å². The van der Waals surface area contributed by atoms with E-state index in [9.17, 15) is 23.2 Å². The number of ether oxygens (including phenoxy) is 1. The Balaban J connectivity index is 1.30. The number of rotatable bonds is 10. The molecule has 2 aliphatic carbocycles. The van der Waals surface area contributed by atoms with E-state index in [1.807, 2.05) is 0 Å². The van der Waals surface area contributed by atoms with Gasteiger partial charge in [0, 0.05) is 31.6 Å². The van der Waals surface area contributed by atoms with E-state index in [-0.39, 0.29) is 29.6 Å². The summed E-state index contributed by atoms with van der Waals surface area (Å²) < 4.78 is 31.1. The van der Waals surface area contributed by atoms with Crippen molar-refractivity contribution in [3.63, 3.8) is 0 Å². The van der Waals surface area contributed by atoms with E-state index < -0.39 is 20.5 Å². The number of sulfone groups is 1. The Morgan fingerprint density at radius 3 is 2.29 bits per heavy atom. The monoisotopic (exact) mass is 507 g/mol. The SMILES string of the molecule is O=C(NCCCOc1ccc(S(=O)(=O)C2(C(=O)NO)CCN(C3CC3)CC2)cc1)C1CCCCC1. The Morgan fingerprint density at radius 2 is 1.69 bits per heavy atom. The molecule has 0 unspecified atom stereocenters. The van der Waals surface area contributed by atoms with Crippen LogP contribution in [0.4, 0.5) is 0 Å². The molecule has 1 saturated heterocycles. The molecule has 0 bridgehead atoms. The third kappa shape index (κ3) is 5.81. The summed E-state index contributed by atoms with van der Waals surface area (Å²) in [6.07, 6.45) is 8.55. The molecule has 1 aromatic rings. The van der Waals surface area contributed by atoms with Crippen molar-refractivity contribution < 1.29 is 28.0 Å². The molecule has 0 aromatic heterocycles. The highest BCUT2D eigenvalue weighted by Crippen LogP contribution is 2.39. The van der Waals surface area contributed by atoms with E-state index in [2.05, 4.69) is 10.2 Å². The van der Waals surface area contributed by atoms with Gasteiger partial charge in [0.05, 0.1) is 11.5 Å². The molecule has 0 spiro atoms. The van der Waals surface area contributed by atoms with Gasteiger partial charge in [0.15, 0.2) is 14.6 Å². The normalized spacial score (nSPS) is 21.3. The smallest absolute Gasteiger partial charge is 0.265 e. The average Bonchev–Trinajstić information content (AvgIpc) is 3.74. The molecule has 10 heteroatoms. The number of piperidine rings is 1. The maximum absolute atomic E-state index is 13.5. The highest BCUT2D eigenvalue weighted by atomic mass is 32.2. The molecule has 2 saturated carbocycles. The number of likely N-dealkylation sites (tertiary alicyclic amines) is 1. The minimum absolute atomic E-state index is 0.0352. The van der Waals surface area contributed by atoms with Crippen molar-refractivity contribution in [2.75, 3.05) is 26.2 Å². The number of hydrogen-bond donors (Lipinski definition) is 3. The first-order valence-corrected chi connectivity index (χ1v) is 14.3. The average molecular weight is 508 g/mol. The van der Waals surface area contributed by atoms with E-state index in [0.29, 0.717) is 44.5 Å². The largest absolute Gasteiger partial charge is 0.494 e. The van der Waals surface area contributed by atoms with E-state index in [0.717, 1.165) is 38.5 Å². The predicted molar refractivity (Wildman–Crippen MR) is 130 cm³/mol. The van der Waals surface area contributed by atoms with Crippen LogP contribution in [0.2, 0.25) is 0 Å². The van der Waals surface area contributed by atoms with Crippen molar-refractivity contribution in [3.8, 4) is 5.75 Å². The lowest BCUT2D eigenvalue weighted by Crippen LogP contribution is -2.58. The topological polar surface area (TPSA) is 125 Å². The van der Waals surface area contributed by atoms with E-state index in [1.165, 1.54) is 18.6 Å². The lowest BCUT2D eigenvalue weighted by atomic mass is 9.89. The fraction of sp³-hybridized carbons (Fsp3) is 0.680. The minimum Gasteiger partial charge on any atom is -0.494 e. The molecular weight excluding hydrogens is 470 g/mol. The van der Waals surface area contributed by atoms with Gasteiger partial charge in [-0.05, 0) is 69.2 Å². The molecule has 194 valence electrons. The number of nitrogens with zero attached hydrogens (tertiary/aromatic N) is 1. The zero-order valence-electron chi connectivity index (χ0n) is 20.2. The Labute approximate surface area is 207 Å². The second-order valence-electron chi connectivity index (χ2n) is 10.0. The van der Waals surface area contributed by atoms with Crippen LogP contribution in [0.3, 0.4) is 0 Å². The molecule has 3 aliphatic rings. The zero-order chi connectivity index (χ0) is 24.9. The van der Waals surface area contributed by atoms with Crippen LogP contribution in [-0.4, -0.2) is 67.4 Å². The zero-order valence-corrected chi connectivity index (χ0v) is 21.0. The first-order chi connectivity index (χ1) is 16.9. The lowest BCUT2D eigenvalue weighted by molar-refractivity contribution is -0.133. The third-order valence-electron chi connectivity index (χ3n) is 7.70. The van der Waals surface area contributed by atoms with Crippen LogP contribution in [0.15, 0.2) is 29.2 Å². The van der Waals surface area contributed by atoms with Crippen molar-refractivity contribution in [2.24, 2.45) is 5.92 Å². The number of benzene rings is 1. The van der Waals surface area contributed by atoms with Crippen molar-refractivity contribution in [2.45, 2.75) is 79.9 Å². The van der Waals surface area contributed by atoms with Crippen molar-refractivity contribution in [1.82, 2.24) is 15.7 Å². The predicted octanol–water partition coefficient (Wildman–Crippen LogP) is 2.43. The fourth-order valence-electron chi connectivity index (χ4n) is 5.33. The molecule has 4 rings (SSSR count). The Kier molecular flexibility index (Phi) is 8.34. The maximum atomic E-state index is 13.5. The second kappa shape index (κ2) is 11.3. The molecule has 2 amide bonds. The molecule has 0 radical (unpaired) electrons. The molecule has 35 heavy (non-hydrogen) atoms. The molecule has 0 atom stereocenters. The van der Waals surface area contributed by atoms with Gasteiger partial charge in [0.2, 0.25) is 5.91 Å². The standard InChI is InChI=1S/C25H37N3O6S/c29-23(19-5-2-1-3-6-19)26-15-4-18-34-21-9-11-22(12-10-21)35(32,33)25(24(30)27-31)13-16-28(17-14-25)20-7-8-20/h9-12,19-20,31H,1-8,13-18H2,(H,26,29)(H,27,30). The second-order valence-corrected chi connectivity index (χ2v) is 12.3. The van der Waals surface area contributed by atoms with Crippen LogP contribution in [-0.2, 0) is 19.4 Å². The number of nitrogens with one attached hydrogen (secondary N) is 2. The van der Waals surface area contributed by atoms with Crippen LogP contribution < -0.4 is 15.5 Å². The highest BCUT2D eigenvalue weighted by Gasteiger charge is 2.54. The van der Waals surface area contributed by atoms with Crippen LogP contribution in [0.5, 0.6) is 5.75 Å². The van der Waals surface area contributed by atoms with E-state index in [1.54, 1.807) is 17.6 Å². The first-order valence-electron chi connectivity index (χ1n) is 12.8. The Hall–Kier alpha value is -2.17. The number of carbonyl (C=O) groups is 2. The first kappa shape index (κ1) is 25.9. The summed E-state index contributed by atoms with van der Waals surface area (Å²) in [5.41, 5.74) is 1.60. The van der Waals surface area contributed by atoms with Crippen molar-refractivity contribution in [1.29, 1.82) is 0 Å². The number of carbonyl (C=O) groups excluding carboxylic acids is 2. The van der Waals surface area contributed by atoms with Gasteiger partial charge in [-0.1, -0.05) is 19.3 Å². The maximum Gasteiger partial charge on any atom is 0.265 e. The van der Waals surface area contributed by atoms with Gasteiger partial charge in [-0.2, -0.15) is 0 Å². The number of hydrogen-bond acceptors (Lipinski definition) is 7. The lowest BCUT2D eigenvalue weighted by Gasteiger charge is -2.39. The minimum atomic E-state index is -4.03. The van der Waals surface area contributed by atoms with Gasteiger partial charge in [0.1, 0.15) is 5.75 Å². The summed E-state index contributed by atoms with van der Waals surface area (Å²) in [6, 6.07) is 6.56. The molecule has 1 aromatic carbocycles. The van der Waals surface area contributed by atoms with Crippen LogP contribution >= 0.6 is 0 Å². The van der Waals surface area contributed by atoms with Crippen LogP contribution in [0, 0.1) is 5.92 Å². The Bertz CT molecular complexity index is 979. The van der Waals surface area contributed by atoms with Gasteiger partial charge in [-0.25, -0.2) is 13.9 Å². The van der Waals surface area contributed by atoms with Crippen molar-refractivity contribution >= 4 is 21.7 Å². The quantitative estimate of drug-likeness (QED) is 0.252. The molecule has 3 N–H and O–H groups in total. The summed E-state index contributed by atoms with van der Waals surface area (Å²) in [6.45, 7) is 1.95. The van der Waals surface area contributed by atoms with E-state index in [4.69, 9.17) is 4.74 Å². The van der Waals surface area contributed by atoms with E-state index >= 15 is 0 Å². The third-order valence-corrected chi connectivity index (χ3v) is 10.2. The van der Waals surface area contributed by atoms with Gasteiger partial charge < -0.3 is 15.0 Å². The van der Waals surface area contributed by atoms with Gasteiger partial charge in [0.25, 0.3) is 5.91 Å². The van der Waals surface area contributed by atoms with Crippen LogP contribution in [0.25, 0.3) is 0 Å². The molecule has 9 nitrogen and oxygen atoms in total. The molecular formula is C25H37N3O6S. The summed E-state index contributed by atoms with van der Waals surface area (Å²) in [7, 11) is -4.03. The molecule has 1 heterocycles. The fourth-order valence-corrected chi connectivity index (χ4v) is 7.29. The van der Waals surface area contributed by atoms with Crippen molar-refractivity contribution in [3.05, 3.63) is 24.3 Å². The van der Waals surface area contributed by atoms with Gasteiger partial charge in [-0.15, -0.1) is 0 Å². The van der Waals surface area contributed by atoms with Gasteiger partial charge in [-0.3, -0.25) is 14.8 Å². The summed E-state index contributed by atoms with van der Waals surface area (Å²) in [5, 5.41) is 12.3. The molecule has 1 aliphatic heterocycles. The summed E-state index contributed by atoms with van der Waals surface area (Å²) >= 11 is 0. The summed E-state index contributed by atoms with van der Waals surface area (Å²) in [5.74, 6) is -0.0882. The number of hydroxylamine groups is 1. The molecule has 3 fully saturated rings. The summed E-state index contributed by atoms with van der Waals surface area (Å²) in [4.78, 5) is 27.1. The van der Waals surface area contributed by atoms with Crippen LogP contribution in [0.1, 0.15) is 64.2 Å².